The zero-order chi connectivity index (χ0) is 25.1. The summed E-state index contributed by atoms with van der Waals surface area (Å²) < 4.78 is 17.1. The number of hydrogen-bond acceptors (Lipinski definition) is 5. The number of pyridine rings is 2. The number of nitrogens with one attached hydrogen (secondary N) is 1. The third kappa shape index (κ3) is 3.33. The summed E-state index contributed by atoms with van der Waals surface area (Å²) in [5.74, 6) is 0.652. The van der Waals surface area contributed by atoms with Crippen LogP contribution in [0.1, 0.15) is 24.8 Å². The largest absolute Gasteiger partial charge is 0.383 e. The number of anilines is 1. The van der Waals surface area contributed by atoms with E-state index in [0.717, 1.165) is 41.4 Å². The van der Waals surface area contributed by atoms with Gasteiger partial charge in [-0.25, -0.2) is 19.3 Å². The van der Waals surface area contributed by atoms with Gasteiger partial charge >= 0.3 is 0 Å². The average molecular weight is 490 g/mol. The van der Waals surface area contributed by atoms with Gasteiger partial charge in [0.25, 0.3) is 0 Å². The van der Waals surface area contributed by atoms with Crippen molar-refractivity contribution in [1.29, 1.82) is 0 Å². The minimum Gasteiger partial charge on any atom is -0.383 e. The molecule has 2 aromatic carbocycles. The van der Waals surface area contributed by atoms with Gasteiger partial charge in [0, 0.05) is 40.1 Å². The highest BCUT2D eigenvalue weighted by Gasteiger charge is 2.34. The van der Waals surface area contributed by atoms with Crippen LogP contribution in [0.4, 0.5) is 10.2 Å². The van der Waals surface area contributed by atoms with E-state index in [0.29, 0.717) is 39.6 Å². The molecule has 4 heterocycles. The molecule has 4 aromatic heterocycles. The minimum absolute atomic E-state index is 0.260. The van der Waals surface area contributed by atoms with E-state index < -0.39 is 0 Å². The summed E-state index contributed by atoms with van der Waals surface area (Å²) in [4.78, 5) is 17.2. The van der Waals surface area contributed by atoms with Crippen LogP contribution in [-0.2, 0) is 5.54 Å². The first-order valence-electron chi connectivity index (χ1n) is 12.3. The summed E-state index contributed by atoms with van der Waals surface area (Å²) >= 11 is 0. The molecule has 0 aliphatic heterocycles. The molecule has 0 unspecified atom stereocenters. The maximum atomic E-state index is 15.1. The number of fused-ring (bicyclic) bond motifs is 2. The van der Waals surface area contributed by atoms with Gasteiger partial charge in [-0.2, -0.15) is 0 Å². The molecule has 8 heteroatoms. The monoisotopic (exact) mass is 489 g/mol. The lowest BCUT2D eigenvalue weighted by Crippen LogP contribution is -2.43. The fourth-order valence-electron chi connectivity index (χ4n) is 5.28. The van der Waals surface area contributed by atoms with Crippen LogP contribution < -0.4 is 11.5 Å². The van der Waals surface area contributed by atoms with Crippen LogP contribution in [0.5, 0.6) is 0 Å². The zero-order valence-corrected chi connectivity index (χ0v) is 19.9. The Morgan fingerprint density at radius 2 is 1.78 bits per heavy atom. The number of aromatic nitrogens is 5. The molecule has 0 saturated heterocycles. The SMILES string of the molecule is Nc1ncccc1-c1nc2ccc(-c3c(F)ccc4[nH]ccc34)nc2n1-c1ccc(C2(N)CCC2)cc1. The maximum Gasteiger partial charge on any atom is 0.165 e. The Morgan fingerprint density at radius 3 is 2.54 bits per heavy atom. The van der Waals surface area contributed by atoms with E-state index in [4.69, 9.17) is 21.4 Å². The summed E-state index contributed by atoms with van der Waals surface area (Å²) in [6, 6.07) is 20.6. The smallest absolute Gasteiger partial charge is 0.165 e. The number of nitrogens with two attached hydrogens (primary N) is 2. The van der Waals surface area contributed by atoms with E-state index in [1.54, 1.807) is 24.5 Å². The molecule has 5 N–H and O–H groups in total. The highest BCUT2D eigenvalue weighted by atomic mass is 19.1. The molecule has 0 atom stereocenters. The van der Waals surface area contributed by atoms with E-state index in [1.165, 1.54) is 6.07 Å². The lowest BCUT2D eigenvalue weighted by molar-refractivity contribution is 0.253. The van der Waals surface area contributed by atoms with E-state index in [1.807, 2.05) is 41.0 Å². The first-order valence-corrected chi connectivity index (χ1v) is 12.3. The van der Waals surface area contributed by atoms with Gasteiger partial charge in [0.2, 0.25) is 0 Å². The number of nitrogen functional groups attached to an aromatic ring is 1. The summed E-state index contributed by atoms with van der Waals surface area (Å²) in [5, 5.41) is 0.771. The quantitative estimate of drug-likeness (QED) is 0.295. The standard InChI is InChI=1S/C29H24FN7/c30-21-8-9-22-19(12-16-33-22)25(21)23-10-11-24-28(35-23)37(27(36-24)20-3-1-15-34-26(20)31)18-6-4-17(5-7-18)29(32)13-2-14-29/h1,3-12,15-16,33H,2,13-14,32H2,(H2,31,34). The van der Waals surface area contributed by atoms with Crippen LogP contribution in [0, 0.1) is 5.82 Å². The van der Waals surface area contributed by atoms with Gasteiger partial charge in [0.05, 0.1) is 11.3 Å². The Kier molecular flexibility index (Phi) is 4.68. The Labute approximate surface area is 212 Å². The van der Waals surface area contributed by atoms with Crippen molar-refractivity contribution >= 4 is 27.9 Å². The Balaban J connectivity index is 1.47. The molecule has 0 radical (unpaired) electrons. The molecule has 0 amide bonds. The minimum atomic E-state index is -0.333. The first kappa shape index (κ1) is 21.7. The van der Waals surface area contributed by atoms with E-state index in [-0.39, 0.29) is 11.4 Å². The predicted octanol–water partition coefficient (Wildman–Crippen LogP) is 5.69. The normalized spacial score (nSPS) is 14.8. The molecule has 7 nitrogen and oxygen atoms in total. The summed E-state index contributed by atoms with van der Waals surface area (Å²) in [5.41, 5.74) is 18.3. The number of hydrogen-bond donors (Lipinski definition) is 3. The summed E-state index contributed by atoms with van der Waals surface area (Å²) in [6.45, 7) is 0. The van der Waals surface area contributed by atoms with E-state index in [2.05, 4.69) is 22.1 Å². The predicted molar refractivity (Wildman–Crippen MR) is 143 cm³/mol. The van der Waals surface area contributed by atoms with E-state index >= 15 is 4.39 Å². The molecular formula is C29H24FN7. The van der Waals surface area contributed by atoms with Gasteiger partial charge in [0.1, 0.15) is 17.2 Å². The van der Waals surface area contributed by atoms with Gasteiger partial charge in [-0.1, -0.05) is 12.1 Å². The van der Waals surface area contributed by atoms with Crippen LogP contribution in [-0.4, -0.2) is 24.5 Å². The summed E-state index contributed by atoms with van der Waals surface area (Å²) in [7, 11) is 0. The Bertz CT molecular complexity index is 1800. The van der Waals surface area contributed by atoms with Crippen molar-refractivity contribution < 1.29 is 4.39 Å². The van der Waals surface area contributed by atoms with Gasteiger partial charge in [0.15, 0.2) is 11.5 Å². The van der Waals surface area contributed by atoms with Gasteiger partial charge in [-0.05, 0) is 79.4 Å². The van der Waals surface area contributed by atoms with Crippen LogP contribution >= 0.6 is 0 Å². The number of benzene rings is 2. The molecule has 37 heavy (non-hydrogen) atoms. The number of nitrogens with zero attached hydrogens (tertiary/aromatic N) is 4. The van der Waals surface area contributed by atoms with Crippen LogP contribution in [0.15, 0.2) is 79.1 Å². The maximum absolute atomic E-state index is 15.1. The second-order valence-corrected chi connectivity index (χ2v) is 9.66. The number of H-pyrrole nitrogens is 1. The topological polar surface area (TPSA) is 111 Å². The Hall–Kier alpha value is -4.56. The van der Waals surface area contributed by atoms with Crippen molar-refractivity contribution in [2.45, 2.75) is 24.8 Å². The van der Waals surface area contributed by atoms with Crippen molar-refractivity contribution in [3.8, 4) is 28.3 Å². The highest BCUT2D eigenvalue weighted by molar-refractivity contribution is 5.96. The summed E-state index contributed by atoms with van der Waals surface area (Å²) in [6.07, 6.45) is 6.56. The van der Waals surface area contributed by atoms with Crippen LogP contribution in [0.25, 0.3) is 50.4 Å². The number of aromatic amines is 1. The number of rotatable bonds is 4. The molecule has 1 fully saturated rings. The third-order valence-electron chi connectivity index (χ3n) is 7.47. The molecule has 1 aliphatic rings. The first-order chi connectivity index (χ1) is 18.0. The van der Waals surface area contributed by atoms with Gasteiger partial charge < -0.3 is 16.5 Å². The zero-order valence-electron chi connectivity index (χ0n) is 19.9. The van der Waals surface area contributed by atoms with Crippen LogP contribution in [0.3, 0.4) is 0 Å². The van der Waals surface area contributed by atoms with Crippen molar-refractivity contribution in [3.63, 3.8) is 0 Å². The van der Waals surface area contributed by atoms with Gasteiger partial charge in [-0.15, -0.1) is 0 Å². The molecule has 0 spiro atoms. The van der Waals surface area contributed by atoms with Gasteiger partial charge in [-0.3, -0.25) is 4.57 Å². The molecule has 0 bridgehead atoms. The van der Waals surface area contributed by atoms with Crippen molar-refractivity contribution in [3.05, 3.63) is 90.5 Å². The molecule has 1 aliphatic carbocycles. The highest BCUT2D eigenvalue weighted by Crippen LogP contribution is 2.39. The Morgan fingerprint density at radius 1 is 0.946 bits per heavy atom. The third-order valence-corrected chi connectivity index (χ3v) is 7.47. The second kappa shape index (κ2) is 7.97. The van der Waals surface area contributed by atoms with E-state index in [9.17, 15) is 0 Å². The number of imidazole rings is 1. The fraction of sp³-hybridized carbons (Fsp3) is 0.138. The molecule has 1 saturated carbocycles. The van der Waals surface area contributed by atoms with Crippen molar-refractivity contribution in [2.75, 3.05) is 5.73 Å². The lowest BCUT2D eigenvalue weighted by Gasteiger charge is -2.38. The van der Waals surface area contributed by atoms with Crippen molar-refractivity contribution in [1.82, 2.24) is 24.5 Å². The molecule has 182 valence electrons. The molecule has 7 rings (SSSR count). The lowest BCUT2D eigenvalue weighted by atomic mass is 9.73. The van der Waals surface area contributed by atoms with Crippen LogP contribution in [0.2, 0.25) is 0 Å². The average Bonchev–Trinajstić information content (AvgIpc) is 3.52. The molecular weight excluding hydrogens is 465 g/mol. The second-order valence-electron chi connectivity index (χ2n) is 9.66. The van der Waals surface area contributed by atoms with Crippen molar-refractivity contribution in [2.24, 2.45) is 5.73 Å². The number of halogens is 1. The molecule has 6 aromatic rings. The fourth-order valence-corrected chi connectivity index (χ4v) is 5.28.